The van der Waals surface area contributed by atoms with Crippen LogP contribution in [0.1, 0.15) is 79.9 Å². The summed E-state index contributed by atoms with van der Waals surface area (Å²) in [4.78, 5) is 30.7. The summed E-state index contributed by atoms with van der Waals surface area (Å²) in [6.45, 7) is 6.89. The van der Waals surface area contributed by atoms with Gasteiger partial charge in [-0.25, -0.2) is 14.8 Å². The molecule has 0 aromatic heterocycles. The molecule has 2 aliphatic heterocycles. The van der Waals surface area contributed by atoms with Crippen LogP contribution in [-0.2, 0) is 4.74 Å². The number of nitrogens with zero attached hydrogens (tertiary/aromatic N) is 3. The van der Waals surface area contributed by atoms with Crippen molar-refractivity contribution in [1.29, 1.82) is 5.26 Å². The fourth-order valence-electron chi connectivity index (χ4n) is 11.3. The maximum atomic E-state index is 12.8. The summed E-state index contributed by atoms with van der Waals surface area (Å²) in [7, 11) is 1.73. The van der Waals surface area contributed by atoms with Gasteiger partial charge in [-0.1, -0.05) is 132 Å². The lowest BCUT2D eigenvalue weighted by Gasteiger charge is -2.39. The quantitative estimate of drug-likeness (QED) is 0.0490. The molecule has 6 N–H and O–H groups in total. The second-order valence-corrected chi connectivity index (χ2v) is 22.3. The molecule has 0 spiro atoms. The summed E-state index contributed by atoms with van der Waals surface area (Å²) in [5, 5.41) is 42.8. The molecule has 0 radical (unpaired) electrons. The molecule has 13 nitrogen and oxygen atoms in total. The summed E-state index contributed by atoms with van der Waals surface area (Å²) in [5.74, 6) is 1.19. The summed E-state index contributed by atoms with van der Waals surface area (Å²) in [6, 6.07) is 43.7. The van der Waals surface area contributed by atoms with Gasteiger partial charge >= 0.3 is 12.1 Å². The second-order valence-electron chi connectivity index (χ2n) is 20.5. The van der Waals surface area contributed by atoms with Gasteiger partial charge in [0.05, 0.1) is 18.2 Å². The monoisotopic (exact) mass is 1130 g/mol. The third-order valence-corrected chi connectivity index (χ3v) is 16.3. The standard InChI is InChI=1S/C31H36Cl2N4O3.C30H32Cl2N4O2/c32-25-17-26(33)19-27(18-25)35-31(38)34-20-30(23-12-14-36(15-13-23)28-5-1-2-6-28)22-10-8-21(9-11-22)24-4-3-7-29(16-24)37(39)40;1-38-14-13-36-11-9-24(10-12-36)29(20-34-30(37)35-28-17-26(31)16-27(32)18-28)23-7-5-22(6-8-23)25-4-2-3-21(15-25)19-33/h3-4,7-11,16-19,23,28,30,37,39H,1-2,5-6,12-15,20H2,(H2,34,35,38);2-8,15-18,24,29H,9-14,20H2,1H3,(H2,34,35,37). The largest absolute Gasteiger partial charge is 0.595 e. The minimum Gasteiger partial charge on any atom is -0.595 e. The molecule has 0 bridgehead atoms. The van der Waals surface area contributed by atoms with Gasteiger partial charge in [-0.15, -0.1) is 0 Å². The molecule has 1 saturated carbocycles. The summed E-state index contributed by atoms with van der Waals surface area (Å²) in [6.07, 6.45) is 9.59. The van der Waals surface area contributed by atoms with E-state index in [1.807, 2.05) is 36.4 Å². The number of hydrogen-bond donors (Lipinski definition) is 6. The van der Waals surface area contributed by atoms with Crippen molar-refractivity contribution < 1.29 is 24.8 Å². The SMILES string of the molecule is COCCN1CCC(C(CNC(=O)Nc2cc(Cl)cc(Cl)c2)c2ccc(-c3cccc(C#N)c3)cc2)CC1.O=C(NCC(c1ccc(-c2cccc([NH+]([O-])O)c2)cc1)C1CCN(C2CCCC2)CC1)Nc1cc(Cl)cc(Cl)c1. The Kier molecular flexibility index (Phi) is 21.7. The Balaban J connectivity index is 0.000000206. The second kappa shape index (κ2) is 28.9. The normalized spacial score (nSPS) is 16.7. The van der Waals surface area contributed by atoms with Crippen LogP contribution in [0.15, 0.2) is 133 Å². The van der Waals surface area contributed by atoms with Crippen molar-refractivity contribution in [1.82, 2.24) is 20.4 Å². The van der Waals surface area contributed by atoms with Gasteiger partial charge in [0.1, 0.15) is 0 Å². The van der Waals surface area contributed by atoms with Gasteiger partial charge in [0, 0.05) is 88.2 Å². The number of ether oxygens (including phenoxy) is 1. The molecule has 9 rings (SSSR count). The van der Waals surface area contributed by atoms with E-state index in [0.717, 1.165) is 93.3 Å². The number of benzene rings is 6. The molecule has 3 unspecified atom stereocenters. The van der Waals surface area contributed by atoms with Crippen LogP contribution in [0.2, 0.25) is 20.1 Å². The molecule has 1 aliphatic carbocycles. The third-order valence-electron chi connectivity index (χ3n) is 15.4. The van der Waals surface area contributed by atoms with Crippen molar-refractivity contribution >= 4 is 75.5 Å². The molecule has 3 fully saturated rings. The van der Waals surface area contributed by atoms with Crippen molar-refractivity contribution in [2.45, 2.75) is 69.2 Å². The van der Waals surface area contributed by atoms with E-state index in [9.17, 15) is 25.3 Å². The number of methoxy groups -OCH3 is 1. The van der Waals surface area contributed by atoms with Crippen molar-refractivity contribution in [3.63, 3.8) is 0 Å². The van der Waals surface area contributed by atoms with Crippen LogP contribution in [0, 0.1) is 28.4 Å². The van der Waals surface area contributed by atoms with E-state index >= 15 is 0 Å². The summed E-state index contributed by atoms with van der Waals surface area (Å²) in [5.41, 5.74) is 8.26. The molecule has 2 heterocycles. The molecule has 6 aromatic rings. The fraction of sp³-hybridized carbons (Fsp3) is 0.361. The number of quaternary nitrogens is 1. The molecular formula is C61H68Cl4N8O5. The number of urea groups is 2. The highest BCUT2D eigenvalue weighted by atomic mass is 35.5. The van der Waals surface area contributed by atoms with Crippen LogP contribution < -0.4 is 26.5 Å². The first-order chi connectivity index (χ1) is 37.8. The Morgan fingerprint density at radius 2 is 1.10 bits per heavy atom. The highest BCUT2D eigenvalue weighted by molar-refractivity contribution is 6.35. The van der Waals surface area contributed by atoms with Crippen LogP contribution in [0.3, 0.4) is 0 Å². The first-order valence-electron chi connectivity index (χ1n) is 26.8. The number of carbonyl (C=O) groups excluding carboxylic acids is 2. The Morgan fingerprint density at radius 3 is 1.56 bits per heavy atom. The van der Waals surface area contributed by atoms with Crippen LogP contribution in [0.5, 0.6) is 0 Å². The molecule has 4 amide bonds. The number of anilines is 2. The van der Waals surface area contributed by atoms with E-state index in [0.29, 0.717) is 62.0 Å². The molecule has 17 heteroatoms. The number of hydrogen-bond acceptors (Lipinski definition) is 8. The number of amides is 4. The van der Waals surface area contributed by atoms with Crippen LogP contribution in [0.25, 0.3) is 22.3 Å². The van der Waals surface area contributed by atoms with Crippen molar-refractivity contribution in [3.8, 4) is 28.3 Å². The van der Waals surface area contributed by atoms with E-state index < -0.39 is 5.23 Å². The number of likely N-dealkylation sites (tertiary alicyclic amines) is 2. The maximum absolute atomic E-state index is 12.8. The molecule has 6 aromatic carbocycles. The lowest BCUT2D eigenvalue weighted by molar-refractivity contribution is -0.991. The molecule has 410 valence electrons. The van der Waals surface area contributed by atoms with Crippen LogP contribution in [0.4, 0.5) is 26.7 Å². The summed E-state index contributed by atoms with van der Waals surface area (Å²) >= 11 is 24.3. The predicted molar refractivity (Wildman–Crippen MR) is 314 cm³/mol. The Labute approximate surface area is 478 Å². The van der Waals surface area contributed by atoms with E-state index in [2.05, 4.69) is 73.5 Å². The lowest BCUT2D eigenvalue weighted by atomic mass is 9.79. The minimum atomic E-state index is -0.938. The Bertz CT molecular complexity index is 2920. The zero-order valence-electron chi connectivity index (χ0n) is 43.8. The Morgan fingerprint density at radius 1 is 0.641 bits per heavy atom. The highest BCUT2D eigenvalue weighted by Gasteiger charge is 2.32. The van der Waals surface area contributed by atoms with E-state index in [1.165, 1.54) is 36.8 Å². The van der Waals surface area contributed by atoms with Gasteiger partial charge in [0.25, 0.3) is 0 Å². The van der Waals surface area contributed by atoms with E-state index in [1.54, 1.807) is 67.8 Å². The number of nitriles is 1. The Hall–Kier alpha value is -5.73. The van der Waals surface area contributed by atoms with Crippen molar-refractivity contribution in [2.75, 3.05) is 70.2 Å². The van der Waals surface area contributed by atoms with Gasteiger partial charge in [-0.2, -0.15) is 10.5 Å². The number of nitrogens with one attached hydrogen (secondary N) is 5. The van der Waals surface area contributed by atoms with Crippen LogP contribution in [-0.4, -0.2) is 92.6 Å². The minimum absolute atomic E-state index is 0.152. The first-order valence-corrected chi connectivity index (χ1v) is 28.3. The van der Waals surface area contributed by atoms with Gasteiger partial charge in [0.2, 0.25) is 0 Å². The highest BCUT2D eigenvalue weighted by Crippen LogP contribution is 2.37. The van der Waals surface area contributed by atoms with Gasteiger partial charge in [-0.05, 0) is 158 Å². The molecule has 2 saturated heterocycles. The number of rotatable bonds is 17. The van der Waals surface area contributed by atoms with Gasteiger partial charge < -0.3 is 41.0 Å². The fourth-order valence-corrected chi connectivity index (χ4v) is 12.4. The lowest BCUT2D eigenvalue weighted by Crippen LogP contribution is -2.99. The van der Waals surface area contributed by atoms with Gasteiger partial charge in [0.15, 0.2) is 5.69 Å². The predicted octanol–water partition coefficient (Wildman–Crippen LogP) is 13.4. The zero-order chi connectivity index (χ0) is 55.0. The van der Waals surface area contributed by atoms with E-state index in [4.69, 9.17) is 51.1 Å². The number of halogens is 4. The van der Waals surface area contributed by atoms with Crippen molar-refractivity contribution in [2.24, 2.45) is 11.8 Å². The first kappa shape index (κ1) is 58.4. The molecule has 3 atom stereocenters. The van der Waals surface area contributed by atoms with Crippen molar-refractivity contribution in [3.05, 3.63) is 175 Å². The van der Waals surface area contributed by atoms with Gasteiger partial charge in [-0.3, -0.25) is 0 Å². The zero-order valence-corrected chi connectivity index (χ0v) is 46.9. The number of carbonyl (C=O) groups is 2. The molecule has 78 heavy (non-hydrogen) atoms. The average Bonchev–Trinajstić information content (AvgIpc) is 3.99. The third kappa shape index (κ3) is 16.9. The average molecular weight is 1140 g/mol. The molecule has 3 aliphatic rings. The maximum Gasteiger partial charge on any atom is 0.319 e. The molecular weight excluding hydrogens is 1070 g/mol. The summed E-state index contributed by atoms with van der Waals surface area (Å²) < 4.78 is 5.25. The topological polar surface area (TPSA) is 169 Å². The smallest absolute Gasteiger partial charge is 0.319 e. The van der Waals surface area contributed by atoms with Crippen LogP contribution >= 0.6 is 46.4 Å². The number of piperidine rings is 2. The van der Waals surface area contributed by atoms with E-state index in [-0.39, 0.29) is 29.6 Å².